The summed E-state index contributed by atoms with van der Waals surface area (Å²) in [6.45, 7) is 1.65. The number of imide groups is 1. The predicted molar refractivity (Wildman–Crippen MR) is 68.3 cm³/mol. The molecule has 1 atom stereocenters. The molecule has 0 aliphatic carbocycles. The Bertz CT molecular complexity index is 613. The number of carbonyl (C=O) groups excluding carboxylic acids is 2. The summed E-state index contributed by atoms with van der Waals surface area (Å²) < 4.78 is 0. The number of fused-ring (bicyclic) bond motifs is 1. The number of hydrogen-bond donors (Lipinski definition) is 1. The van der Waals surface area contributed by atoms with Crippen molar-refractivity contribution in [3.05, 3.63) is 39.4 Å². The van der Waals surface area contributed by atoms with Crippen molar-refractivity contribution in [3.8, 4) is 0 Å². The number of nitrogens with two attached hydrogens (primary N) is 1. The van der Waals surface area contributed by atoms with Crippen LogP contribution in [-0.4, -0.2) is 40.8 Å². The fraction of sp³-hybridized carbons (Fsp3) is 0.385. The van der Waals surface area contributed by atoms with Crippen LogP contribution in [0.4, 0.5) is 5.69 Å². The molecule has 1 fully saturated rings. The van der Waals surface area contributed by atoms with E-state index in [1.54, 1.807) is 0 Å². The third-order valence-electron chi connectivity index (χ3n) is 3.87. The van der Waals surface area contributed by atoms with Crippen LogP contribution in [0.15, 0.2) is 18.2 Å². The molecular weight excluding hydrogens is 298 g/mol. The topological polar surface area (TPSA) is 97.1 Å². The standard InChI is InChI=1S/C13H13N3O4.ClH/c17-12-9-4-1-5-10(16(19)20)11(9)13(18)15(12)8-3-2-6-14-7-8;/h1,4-5,8,14H,2-3,6-7H2;1H/t8-;/m1./s1. The summed E-state index contributed by atoms with van der Waals surface area (Å²) in [5, 5.41) is 13.1. The first-order valence-electron chi connectivity index (χ1n) is 6.58. The molecular formula is C13H14ClN3O4. The zero-order chi connectivity index (χ0) is 14.3. The van der Waals surface area contributed by atoms with E-state index in [2.05, 4.69) is 5.32 Å². The summed E-state index contributed by atoms with van der Waals surface area (Å²) in [5.41, 5.74) is -0.203. The van der Waals surface area contributed by atoms with E-state index in [1.807, 2.05) is 0 Å². The van der Waals surface area contributed by atoms with Crippen LogP contribution in [0.25, 0.3) is 0 Å². The third-order valence-corrected chi connectivity index (χ3v) is 3.87. The lowest BCUT2D eigenvalue weighted by molar-refractivity contribution is -0.665. The summed E-state index contributed by atoms with van der Waals surface area (Å²) in [5.74, 6) is -0.938. The number of benzene rings is 1. The van der Waals surface area contributed by atoms with Crippen molar-refractivity contribution < 1.29 is 32.2 Å². The number of nitro benzene ring substituents is 1. The highest BCUT2D eigenvalue weighted by molar-refractivity contribution is 6.23. The molecule has 3 rings (SSSR count). The van der Waals surface area contributed by atoms with E-state index in [0.717, 1.165) is 19.4 Å². The van der Waals surface area contributed by atoms with E-state index in [1.165, 1.54) is 23.1 Å². The first-order valence-corrected chi connectivity index (χ1v) is 6.58. The average Bonchev–Trinajstić information content (AvgIpc) is 2.72. The molecule has 2 heterocycles. The summed E-state index contributed by atoms with van der Waals surface area (Å²) >= 11 is 0. The largest absolute Gasteiger partial charge is 1.00 e. The quantitative estimate of drug-likeness (QED) is 0.356. The number of piperidine rings is 1. The van der Waals surface area contributed by atoms with Gasteiger partial charge in [0.05, 0.1) is 29.6 Å². The number of halogens is 1. The average molecular weight is 312 g/mol. The zero-order valence-electron chi connectivity index (χ0n) is 11.1. The van der Waals surface area contributed by atoms with Crippen molar-refractivity contribution in [2.45, 2.75) is 18.9 Å². The molecule has 0 unspecified atom stereocenters. The van der Waals surface area contributed by atoms with Crippen LogP contribution in [0, 0.1) is 10.1 Å². The van der Waals surface area contributed by atoms with Gasteiger partial charge in [0.1, 0.15) is 5.56 Å². The maximum absolute atomic E-state index is 12.4. The van der Waals surface area contributed by atoms with Gasteiger partial charge in [-0.1, -0.05) is 6.07 Å². The van der Waals surface area contributed by atoms with Crippen LogP contribution in [0.3, 0.4) is 0 Å². The Labute approximate surface area is 126 Å². The number of carbonyl (C=O) groups is 2. The van der Waals surface area contributed by atoms with Crippen LogP contribution in [-0.2, 0) is 0 Å². The maximum atomic E-state index is 12.4. The van der Waals surface area contributed by atoms with Crippen LogP contribution in [0.2, 0.25) is 0 Å². The predicted octanol–water partition coefficient (Wildman–Crippen LogP) is -3.08. The fourth-order valence-corrected chi connectivity index (χ4v) is 2.93. The fourth-order valence-electron chi connectivity index (χ4n) is 2.93. The van der Waals surface area contributed by atoms with Crippen molar-refractivity contribution in [2.24, 2.45) is 0 Å². The van der Waals surface area contributed by atoms with Gasteiger partial charge in [-0.05, 0) is 18.9 Å². The van der Waals surface area contributed by atoms with Crippen molar-refractivity contribution in [2.75, 3.05) is 13.1 Å². The minimum absolute atomic E-state index is 0. The van der Waals surface area contributed by atoms with E-state index >= 15 is 0 Å². The SMILES string of the molecule is O=C1c2cccc([N+](=O)[O-])c2C(=O)N1[C@@H]1CCC[NH2+]C1.[Cl-]. The molecule has 2 aliphatic heterocycles. The van der Waals surface area contributed by atoms with Crippen LogP contribution in [0.1, 0.15) is 33.6 Å². The van der Waals surface area contributed by atoms with Crippen molar-refractivity contribution in [3.63, 3.8) is 0 Å². The highest BCUT2D eigenvalue weighted by Gasteiger charge is 2.44. The minimum Gasteiger partial charge on any atom is -1.00 e. The highest BCUT2D eigenvalue weighted by atomic mass is 35.5. The van der Waals surface area contributed by atoms with E-state index < -0.39 is 16.7 Å². The molecule has 112 valence electrons. The van der Waals surface area contributed by atoms with Crippen LogP contribution < -0.4 is 17.7 Å². The molecule has 1 aromatic carbocycles. The Hall–Kier alpha value is -1.99. The van der Waals surface area contributed by atoms with E-state index in [9.17, 15) is 19.7 Å². The van der Waals surface area contributed by atoms with Gasteiger partial charge in [0.25, 0.3) is 17.5 Å². The molecule has 7 nitrogen and oxygen atoms in total. The summed E-state index contributed by atoms with van der Waals surface area (Å²) in [6.07, 6.45) is 1.69. The molecule has 2 amide bonds. The van der Waals surface area contributed by atoms with Crippen molar-refractivity contribution in [1.82, 2.24) is 4.90 Å². The summed E-state index contributed by atoms with van der Waals surface area (Å²) in [4.78, 5) is 36.4. The Morgan fingerprint density at radius 3 is 2.67 bits per heavy atom. The zero-order valence-corrected chi connectivity index (χ0v) is 11.9. The Balaban J connectivity index is 0.00000161. The van der Waals surface area contributed by atoms with Crippen LogP contribution in [0.5, 0.6) is 0 Å². The number of nitro groups is 1. The van der Waals surface area contributed by atoms with Crippen LogP contribution >= 0.6 is 0 Å². The molecule has 0 spiro atoms. The Morgan fingerprint density at radius 1 is 1.29 bits per heavy atom. The molecule has 0 saturated carbocycles. The lowest BCUT2D eigenvalue weighted by atomic mass is 10.1. The molecule has 0 radical (unpaired) electrons. The van der Waals surface area contributed by atoms with Crippen molar-refractivity contribution >= 4 is 17.5 Å². The Morgan fingerprint density at radius 2 is 2.05 bits per heavy atom. The number of hydrogen-bond acceptors (Lipinski definition) is 4. The molecule has 1 aromatic rings. The number of amides is 2. The second kappa shape index (κ2) is 5.79. The minimum atomic E-state index is -0.611. The molecule has 2 aliphatic rings. The van der Waals surface area contributed by atoms with Crippen molar-refractivity contribution in [1.29, 1.82) is 0 Å². The molecule has 0 bridgehead atoms. The maximum Gasteiger partial charge on any atom is 0.282 e. The van der Waals surface area contributed by atoms with Gasteiger partial charge in [-0.2, -0.15) is 0 Å². The van der Waals surface area contributed by atoms with Gasteiger partial charge in [-0.15, -0.1) is 0 Å². The summed E-state index contributed by atoms with van der Waals surface area (Å²) in [7, 11) is 0. The smallest absolute Gasteiger partial charge is 0.282 e. The van der Waals surface area contributed by atoms with Gasteiger partial charge in [-0.3, -0.25) is 24.6 Å². The second-order valence-corrected chi connectivity index (χ2v) is 5.05. The number of rotatable bonds is 2. The molecule has 1 saturated heterocycles. The van der Waals surface area contributed by atoms with Gasteiger partial charge in [0.15, 0.2) is 0 Å². The van der Waals surface area contributed by atoms with E-state index in [-0.39, 0.29) is 35.3 Å². The molecule has 8 heteroatoms. The van der Waals surface area contributed by atoms with Gasteiger partial charge < -0.3 is 17.7 Å². The second-order valence-electron chi connectivity index (χ2n) is 5.05. The molecule has 0 aromatic heterocycles. The summed E-state index contributed by atoms with van der Waals surface area (Å²) in [6, 6.07) is 4.02. The van der Waals surface area contributed by atoms with Gasteiger partial charge >= 0.3 is 0 Å². The first-order chi connectivity index (χ1) is 9.61. The lowest BCUT2D eigenvalue weighted by Gasteiger charge is -2.27. The highest BCUT2D eigenvalue weighted by Crippen LogP contribution is 2.32. The third kappa shape index (κ3) is 2.38. The molecule has 2 N–H and O–H groups in total. The monoisotopic (exact) mass is 311 g/mol. The normalized spacial score (nSPS) is 21.0. The lowest BCUT2D eigenvalue weighted by Crippen LogP contribution is -3.00. The number of nitrogens with zero attached hydrogens (tertiary/aromatic N) is 2. The first kappa shape index (κ1) is 15.4. The van der Waals surface area contributed by atoms with Gasteiger partial charge in [0.2, 0.25) is 0 Å². The van der Waals surface area contributed by atoms with Gasteiger partial charge in [-0.25, -0.2) is 0 Å². The molecule has 21 heavy (non-hydrogen) atoms. The van der Waals surface area contributed by atoms with E-state index in [4.69, 9.17) is 0 Å². The number of quaternary nitrogens is 1. The van der Waals surface area contributed by atoms with E-state index in [0.29, 0.717) is 6.54 Å². The Kier molecular flexibility index (Phi) is 4.24. The van der Waals surface area contributed by atoms with Gasteiger partial charge in [0, 0.05) is 6.07 Å².